The van der Waals surface area contributed by atoms with Crippen LogP contribution >= 0.6 is 25.3 Å². The monoisotopic (exact) mass is 432 g/mol. The molecule has 0 saturated heterocycles. The van der Waals surface area contributed by atoms with E-state index in [1.54, 1.807) is 0 Å². The number of amides is 3. The van der Waals surface area contributed by atoms with E-state index in [1.807, 2.05) is 0 Å². The number of carboxylic acid groups (broad SMARTS) is 1. The van der Waals surface area contributed by atoms with Gasteiger partial charge in [-0.3, -0.25) is 19.2 Å². The Kier molecular flexibility index (Phi) is 9.82. The molecule has 13 heteroatoms. The Morgan fingerprint density at radius 3 is 2.11 bits per heavy atom. The number of carbonyl (C=O) groups excluding carboxylic acids is 3. The van der Waals surface area contributed by atoms with Crippen molar-refractivity contribution >= 4 is 48.9 Å². The predicted octanol–water partition coefficient (Wildman–Crippen LogP) is -2.30. The summed E-state index contributed by atoms with van der Waals surface area (Å²) in [7, 11) is 0. The molecule has 4 atom stereocenters. The van der Waals surface area contributed by atoms with Gasteiger partial charge in [-0.1, -0.05) is 0 Å². The summed E-state index contributed by atoms with van der Waals surface area (Å²) in [4.78, 5) is 54.1. The number of aromatic nitrogens is 2. The largest absolute Gasteiger partial charge is 0.480 e. The smallest absolute Gasteiger partial charge is 0.325 e. The highest BCUT2D eigenvalue weighted by Crippen LogP contribution is 1.99. The Morgan fingerprint density at radius 1 is 1.11 bits per heavy atom. The van der Waals surface area contributed by atoms with Crippen molar-refractivity contribution in [3.05, 3.63) is 18.2 Å². The molecule has 1 rings (SSSR count). The quantitative estimate of drug-likeness (QED) is 0.181. The molecule has 3 amide bonds. The van der Waals surface area contributed by atoms with E-state index < -0.39 is 47.9 Å². The normalized spacial score (nSPS) is 15.0. The lowest BCUT2D eigenvalue weighted by molar-refractivity contribution is -0.141. The topological polar surface area (TPSA) is 179 Å². The number of carboxylic acids is 1. The minimum atomic E-state index is -1.22. The van der Waals surface area contributed by atoms with Crippen molar-refractivity contribution < 1.29 is 24.3 Å². The molecule has 0 radical (unpaired) electrons. The number of aliphatic carboxylic acids is 1. The lowest BCUT2D eigenvalue weighted by Gasteiger charge is -2.23. The molecule has 28 heavy (non-hydrogen) atoms. The van der Waals surface area contributed by atoms with E-state index in [2.05, 4.69) is 51.2 Å². The molecular weight excluding hydrogens is 408 g/mol. The second-order valence-electron chi connectivity index (χ2n) is 5.94. The second-order valence-corrected chi connectivity index (χ2v) is 6.67. The summed E-state index contributed by atoms with van der Waals surface area (Å²) in [6.45, 7) is 1.29. The predicted molar refractivity (Wildman–Crippen MR) is 107 cm³/mol. The SMILES string of the molecule is CC(NC(=O)C(CS)NC(=O)C(CS)NC(=O)C(N)Cc1cnc[nH]1)C(=O)O. The zero-order valence-corrected chi connectivity index (χ0v) is 16.9. The van der Waals surface area contributed by atoms with Gasteiger partial charge in [-0.15, -0.1) is 0 Å². The van der Waals surface area contributed by atoms with Crippen LogP contribution in [0.5, 0.6) is 0 Å². The van der Waals surface area contributed by atoms with Crippen LogP contribution in [0.15, 0.2) is 12.5 Å². The van der Waals surface area contributed by atoms with Gasteiger partial charge >= 0.3 is 5.97 Å². The van der Waals surface area contributed by atoms with Crippen molar-refractivity contribution in [2.45, 2.75) is 37.5 Å². The van der Waals surface area contributed by atoms with E-state index in [4.69, 9.17) is 10.8 Å². The standard InChI is InChI=1S/C15H24N6O5S2/c1-7(15(25)26)19-13(23)10(4-27)21-14(24)11(5-28)20-12(22)9(16)2-8-3-17-6-18-8/h3,6-7,9-11,27-28H,2,4-5,16H2,1H3,(H,17,18)(H,19,23)(H,20,22)(H,21,24)(H,25,26). The van der Waals surface area contributed by atoms with E-state index in [0.717, 1.165) is 0 Å². The Bertz CT molecular complexity index is 686. The fourth-order valence-electron chi connectivity index (χ4n) is 2.04. The van der Waals surface area contributed by atoms with Crippen molar-refractivity contribution in [1.29, 1.82) is 0 Å². The van der Waals surface area contributed by atoms with Crippen LogP contribution < -0.4 is 21.7 Å². The van der Waals surface area contributed by atoms with Crippen molar-refractivity contribution in [3.8, 4) is 0 Å². The lowest BCUT2D eigenvalue weighted by Crippen LogP contribution is -2.58. The van der Waals surface area contributed by atoms with E-state index in [9.17, 15) is 19.2 Å². The summed E-state index contributed by atoms with van der Waals surface area (Å²) in [5.41, 5.74) is 6.48. The molecule has 0 saturated carbocycles. The highest BCUT2D eigenvalue weighted by Gasteiger charge is 2.28. The molecule has 1 heterocycles. The van der Waals surface area contributed by atoms with E-state index >= 15 is 0 Å². The summed E-state index contributed by atoms with van der Waals surface area (Å²) in [6, 6.07) is -4.19. The average Bonchev–Trinajstić information content (AvgIpc) is 3.16. The van der Waals surface area contributed by atoms with Crippen LogP contribution in [0.1, 0.15) is 12.6 Å². The van der Waals surface area contributed by atoms with Gasteiger partial charge in [-0.2, -0.15) is 25.3 Å². The molecule has 0 aliphatic rings. The molecule has 7 N–H and O–H groups in total. The van der Waals surface area contributed by atoms with Crippen LogP contribution in [-0.2, 0) is 25.6 Å². The molecule has 0 aliphatic carbocycles. The molecule has 11 nitrogen and oxygen atoms in total. The average molecular weight is 433 g/mol. The van der Waals surface area contributed by atoms with Gasteiger partial charge in [0.05, 0.1) is 12.4 Å². The molecule has 4 unspecified atom stereocenters. The summed E-state index contributed by atoms with van der Waals surface area (Å²) in [5, 5.41) is 16.0. The zero-order valence-electron chi connectivity index (χ0n) is 15.1. The number of hydrogen-bond donors (Lipinski definition) is 8. The number of H-pyrrole nitrogens is 1. The fourth-order valence-corrected chi connectivity index (χ4v) is 2.56. The maximum Gasteiger partial charge on any atom is 0.325 e. The highest BCUT2D eigenvalue weighted by molar-refractivity contribution is 7.80. The van der Waals surface area contributed by atoms with Gasteiger partial charge in [0.1, 0.15) is 18.1 Å². The number of nitrogens with one attached hydrogen (secondary N) is 4. The summed E-state index contributed by atoms with van der Waals surface area (Å²) in [6.07, 6.45) is 3.18. The maximum atomic E-state index is 12.4. The van der Waals surface area contributed by atoms with Gasteiger partial charge in [0.15, 0.2) is 0 Å². The summed E-state index contributed by atoms with van der Waals surface area (Å²) in [5.74, 6) is -3.29. The van der Waals surface area contributed by atoms with E-state index in [-0.39, 0.29) is 17.9 Å². The Labute approximate surface area is 172 Å². The number of thiol groups is 2. The van der Waals surface area contributed by atoms with Gasteiger partial charge in [0.25, 0.3) is 0 Å². The lowest BCUT2D eigenvalue weighted by atomic mass is 10.1. The summed E-state index contributed by atoms with van der Waals surface area (Å²) < 4.78 is 0. The molecule has 1 aromatic rings. The highest BCUT2D eigenvalue weighted by atomic mass is 32.1. The van der Waals surface area contributed by atoms with Crippen LogP contribution in [0.25, 0.3) is 0 Å². The molecule has 0 spiro atoms. The third-order valence-electron chi connectivity index (χ3n) is 3.69. The number of rotatable bonds is 11. The Balaban J connectivity index is 2.63. The third kappa shape index (κ3) is 7.40. The van der Waals surface area contributed by atoms with E-state index in [0.29, 0.717) is 5.69 Å². The third-order valence-corrected chi connectivity index (χ3v) is 4.42. The number of hydrogen-bond acceptors (Lipinski definition) is 8. The van der Waals surface area contributed by atoms with Crippen molar-refractivity contribution in [2.75, 3.05) is 11.5 Å². The van der Waals surface area contributed by atoms with Gasteiger partial charge in [-0.05, 0) is 6.92 Å². The number of nitrogens with zero attached hydrogens (tertiary/aromatic N) is 1. The molecule has 0 fully saturated rings. The Morgan fingerprint density at radius 2 is 1.64 bits per heavy atom. The van der Waals surface area contributed by atoms with Gasteiger partial charge < -0.3 is 31.8 Å². The van der Waals surface area contributed by atoms with Gasteiger partial charge in [-0.25, -0.2) is 4.98 Å². The van der Waals surface area contributed by atoms with Crippen molar-refractivity contribution in [3.63, 3.8) is 0 Å². The van der Waals surface area contributed by atoms with Crippen LogP contribution in [0.4, 0.5) is 0 Å². The van der Waals surface area contributed by atoms with Crippen molar-refractivity contribution in [1.82, 2.24) is 25.9 Å². The number of imidazole rings is 1. The van der Waals surface area contributed by atoms with E-state index in [1.165, 1.54) is 19.4 Å². The molecule has 0 aromatic carbocycles. The first kappa shape index (κ1) is 23.8. The first-order valence-electron chi connectivity index (χ1n) is 8.28. The van der Waals surface area contributed by atoms with Crippen LogP contribution in [0, 0.1) is 0 Å². The first-order valence-corrected chi connectivity index (χ1v) is 9.54. The minimum Gasteiger partial charge on any atom is -0.480 e. The van der Waals surface area contributed by atoms with Crippen LogP contribution in [0.2, 0.25) is 0 Å². The number of aromatic amines is 1. The second kappa shape index (κ2) is 11.6. The number of nitrogens with two attached hydrogens (primary N) is 1. The number of carbonyl (C=O) groups is 4. The Hall–Kier alpha value is -2.25. The maximum absolute atomic E-state index is 12.4. The van der Waals surface area contributed by atoms with Gasteiger partial charge in [0.2, 0.25) is 17.7 Å². The molecule has 0 bridgehead atoms. The van der Waals surface area contributed by atoms with Gasteiger partial charge in [0, 0.05) is 29.8 Å². The van der Waals surface area contributed by atoms with Crippen LogP contribution in [0.3, 0.4) is 0 Å². The fraction of sp³-hybridized carbons (Fsp3) is 0.533. The molecule has 156 valence electrons. The molecular formula is C15H24N6O5S2. The minimum absolute atomic E-state index is 0.0409. The van der Waals surface area contributed by atoms with Crippen LogP contribution in [-0.4, -0.2) is 74.4 Å². The first-order chi connectivity index (χ1) is 13.2. The molecule has 1 aromatic heterocycles. The molecule has 0 aliphatic heterocycles. The zero-order chi connectivity index (χ0) is 21.3. The van der Waals surface area contributed by atoms with Crippen molar-refractivity contribution in [2.24, 2.45) is 5.73 Å². The summed E-state index contributed by atoms with van der Waals surface area (Å²) >= 11 is 8.04.